The molecule has 2 aliphatic heterocycles. The topological polar surface area (TPSA) is 32.5 Å². The molecular weight excluding hydrogens is 222 g/mol. The van der Waals surface area contributed by atoms with Gasteiger partial charge in [0, 0.05) is 19.1 Å². The van der Waals surface area contributed by atoms with Crippen LogP contribution in [-0.4, -0.2) is 55.1 Å². The minimum atomic E-state index is 0.347. The molecular formula is C15H31N3. The zero-order valence-corrected chi connectivity index (χ0v) is 12.3. The van der Waals surface area contributed by atoms with Crippen molar-refractivity contribution in [2.45, 2.75) is 45.6 Å². The Labute approximate surface area is 113 Å². The van der Waals surface area contributed by atoms with Gasteiger partial charge in [0.15, 0.2) is 0 Å². The van der Waals surface area contributed by atoms with Gasteiger partial charge in [0.2, 0.25) is 0 Å². The molecule has 2 N–H and O–H groups in total. The van der Waals surface area contributed by atoms with E-state index in [1.807, 2.05) is 0 Å². The van der Waals surface area contributed by atoms with Crippen LogP contribution in [0.25, 0.3) is 0 Å². The van der Waals surface area contributed by atoms with Gasteiger partial charge in [-0.25, -0.2) is 0 Å². The zero-order chi connectivity index (χ0) is 13.0. The van der Waals surface area contributed by atoms with Gasteiger partial charge in [0.05, 0.1) is 0 Å². The van der Waals surface area contributed by atoms with E-state index in [0.717, 1.165) is 12.5 Å². The molecule has 1 atom stereocenters. The Morgan fingerprint density at radius 1 is 1.00 bits per heavy atom. The van der Waals surface area contributed by atoms with Crippen LogP contribution in [0.2, 0.25) is 0 Å². The quantitative estimate of drug-likeness (QED) is 0.810. The van der Waals surface area contributed by atoms with Crippen LogP contribution in [-0.2, 0) is 0 Å². The largest absolute Gasteiger partial charge is 0.326 e. The van der Waals surface area contributed by atoms with Crippen LogP contribution in [0.15, 0.2) is 0 Å². The van der Waals surface area contributed by atoms with Gasteiger partial charge in [0.25, 0.3) is 0 Å². The molecule has 2 rings (SSSR count). The zero-order valence-electron chi connectivity index (χ0n) is 12.3. The lowest BCUT2D eigenvalue weighted by atomic mass is 9.95. The molecule has 0 aromatic heterocycles. The minimum Gasteiger partial charge on any atom is -0.326 e. The first-order chi connectivity index (χ1) is 8.65. The molecule has 18 heavy (non-hydrogen) atoms. The second-order valence-electron chi connectivity index (χ2n) is 6.66. The van der Waals surface area contributed by atoms with E-state index in [2.05, 4.69) is 23.6 Å². The van der Waals surface area contributed by atoms with Gasteiger partial charge in [-0.3, -0.25) is 0 Å². The van der Waals surface area contributed by atoms with E-state index < -0.39 is 0 Å². The number of rotatable bonds is 5. The summed E-state index contributed by atoms with van der Waals surface area (Å²) in [5.41, 5.74) is 6.16. The summed E-state index contributed by atoms with van der Waals surface area (Å²) in [4.78, 5) is 5.24. The predicted octanol–water partition coefficient (Wildman–Crippen LogP) is 1.78. The average Bonchev–Trinajstić information content (AvgIpc) is 2.84. The Kier molecular flexibility index (Phi) is 5.46. The third-order valence-corrected chi connectivity index (χ3v) is 4.75. The second kappa shape index (κ2) is 6.88. The lowest BCUT2D eigenvalue weighted by Gasteiger charge is -2.35. The van der Waals surface area contributed by atoms with E-state index in [0.29, 0.717) is 12.0 Å². The third kappa shape index (κ3) is 4.22. The number of nitrogens with zero attached hydrogens (tertiary/aromatic N) is 2. The Hall–Kier alpha value is -0.120. The molecule has 0 radical (unpaired) electrons. The maximum Gasteiger partial charge on any atom is 0.0191 e. The van der Waals surface area contributed by atoms with Crippen LogP contribution in [0.3, 0.4) is 0 Å². The van der Waals surface area contributed by atoms with Crippen molar-refractivity contribution >= 4 is 0 Å². The molecule has 0 aromatic rings. The van der Waals surface area contributed by atoms with E-state index >= 15 is 0 Å². The van der Waals surface area contributed by atoms with Crippen molar-refractivity contribution in [3.05, 3.63) is 0 Å². The van der Waals surface area contributed by atoms with Gasteiger partial charge in [-0.05, 0) is 63.7 Å². The number of likely N-dealkylation sites (tertiary alicyclic amines) is 2. The van der Waals surface area contributed by atoms with Crippen LogP contribution in [0.4, 0.5) is 0 Å². The molecule has 0 saturated carbocycles. The predicted molar refractivity (Wildman–Crippen MR) is 77.7 cm³/mol. The summed E-state index contributed by atoms with van der Waals surface area (Å²) >= 11 is 0. The first-order valence-corrected chi connectivity index (χ1v) is 7.85. The Morgan fingerprint density at radius 2 is 1.61 bits per heavy atom. The lowest BCUT2D eigenvalue weighted by molar-refractivity contribution is 0.142. The van der Waals surface area contributed by atoms with E-state index in [-0.39, 0.29) is 0 Å². The maximum absolute atomic E-state index is 6.16. The van der Waals surface area contributed by atoms with Crippen LogP contribution in [0, 0.1) is 11.8 Å². The number of nitrogens with two attached hydrogens (primary N) is 1. The molecule has 0 spiro atoms. The molecule has 1 unspecified atom stereocenters. The van der Waals surface area contributed by atoms with E-state index in [4.69, 9.17) is 5.73 Å². The molecule has 0 aromatic carbocycles. The highest BCUT2D eigenvalue weighted by Gasteiger charge is 2.23. The Bertz CT molecular complexity index is 216. The van der Waals surface area contributed by atoms with Gasteiger partial charge in [-0.1, -0.05) is 13.8 Å². The van der Waals surface area contributed by atoms with Gasteiger partial charge >= 0.3 is 0 Å². The van der Waals surface area contributed by atoms with Crippen molar-refractivity contribution in [3.8, 4) is 0 Å². The maximum atomic E-state index is 6.16. The molecule has 3 nitrogen and oxygen atoms in total. The molecule has 0 aliphatic carbocycles. The number of hydrogen-bond donors (Lipinski definition) is 1. The summed E-state index contributed by atoms with van der Waals surface area (Å²) < 4.78 is 0. The molecule has 0 amide bonds. The Morgan fingerprint density at radius 3 is 2.17 bits per heavy atom. The van der Waals surface area contributed by atoms with Crippen molar-refractivity contribution in [2.75, 3.05) is 39.3 Å². The standard InChI is InChI=1S/C15H31N3/c1-13(2)15(16)12-18-9-5-14(6-10-18)11-17-7-3-4-8-17/h13-15H,3-12,16H2,1-2H3. The van der Waals surface area contributed by atoms with Crippen molar-refractivity contribution in [2.24, 2.45) is 17.6 Å². The first-order valence-electron chi connectivity index (χ1n) is 7.85. The summed E-state index contributed by atoms with van der Waals surface area (Å²) in [6.45, 7) is 12.1. The number of piperidine rings is 1. The fourth-order valence-corrected chi connectivity index (χ4v) is 3.19. The van der Waals surface area contributed by atoms with Crippen LogP contribution < -0.4 is 5.73 Å². The fourth-order valence-electron chi connectivity index (χ4n) is 3.19. The summed E-state index contributed by atoms with van der Waals surface area (Å²) in [5, 5.41) is 0. The molecule has 2 fully saturated rings. The molecule has 2 heterocycles. The fraction of sp³-hybridized carbons (Fsp3) is 1.00. The Balaban J connectivity index is 1.64. The molecule has 2 aliphatic rings. The van der Waals surface area contributed by atoms with E-state index in [1.165, 1.54) is 58.4 Å². The van der Waals surface area contributed by atoms with Gasteiger partial charge in [-0.2, -0.15) is 0 Å². The van der Waals surface area contributed by atoms with Gasteiger partial charge in [-0.15, -0.1) is 0 Å². The normalized spacial score (nSPS) is 26.0. The van der Waals surface area contributed by atoms with Gasteiger partial charge in [0.1, 0.15) is 0 Å². The van der Waals surface area contributed by atoms with Gasteiger partial charge < -0.3 is 15.5 Å². The highest BCUT2D eigenvalue weighted by atomic mass is 15.2. The monoisotopic (exact) mass is 253 g/mol. The summed E-state index contributed by atoms with van der Waals surface area (Å²) in [7, 11) is 0. The summed E-state index contributed by atoms with van der Waals surface area (Å²) in [6.07, 6.45) is 5.59. The van der Waals surface area contributed by atoms with Crippen LogP contribution in [0.5, 0.6) is 0 Å². The molecule has 2 saturated heterocycles. The first kappa shape index (κ1) is 14.3. The van der Waals surface area contributed by atoms with E-state index in [9.17, 15) is 0 Å². The summed E-state index contributed by atoms with van der Waals surface area (Å²) in [6, 6.07) is 0.347. The highest BCUT2D eigenvalue weighted by Crippen LogP contribution is 2.21. The summed E-state index contributed by atoms with van der Waals surface area (Å²) in [5.74, 6) is 1.54. The number of hydrogen-bond acceptors (Lipinski definition) is 3. The smallest absolute Gasteiger partial charge is 0.0191 e. The van der Waals surface area contributed by atoms with Crippen molar-refractivity contribution in [3.63, 3.8) is 0 Å². The molecule has 0 bridgehead atoms. The van der Waals surface area contributed by atoms with E-state index in [1.54, 1.807) is 0 Å². The van der Waals surface area contributed by atoms with Crippen molar-refractivity contribution in [1.29, 1.82) is 0 Å². The lowest BCUT2D eigenvalue weighted by Crippen LogP contribution is -2.45. The average molecular weight is 253 g/mol. The van der Waals surface area contributed by atoms with Crippen LogP contribution >= 0.6 is 0 Å². The minimum absolute atomic E-state index is 0.347. The van der Waals surface area contributed by atoms with Crippen LogP contribution in [0.1, 0.15) is 39.5 Å². The van der Waals surface area contributed by atoms with Crippen molar-refractivity contribution < 1.29 is 0 Å². The molecule has 3 heteroatoms. The third-order valence-electron chi connectivity index (χ3n) is 4.75. The molecule has 106 valence electrons. The second-order valence-corrected chi connectivity index (χ2v) is 6.66. The van der Waals surface area contributed by atoms with Crippen molar-refractivity contribution in [1.82, 2.24) is 9.80 Å². The highest BCUT2D eigenvalue weighted by molar-refractivity contribution is 4.79. The SMILES string of the molecule is CC(C)C(N)CN1CCC(CN2CCCC2)CC1.